The molecule has 2 unspecified atom stereocenters. The van der Waals surface area contributed by atoms with E-state index in [4.69, 9.17) is 9.84 Å². The summed E-state index contributed by atoms with van der Waals surface area (Å²) < 4.78 is 5.51. The number of aromatic nitrogens is 1. The number of carboxylic acid groups (broad SMARTS) is 1. The average molecular weight is 236 g/mol. The Balaban J connectivity index is 2.14. The molecule has 0 spiro atoms. The van der Waals surface area contributed by atoms with Crippen LogP contribution in [0, 0.1) is 0 Å². The molecule has 17 heavy (non-hydrogen) atoms. The largest absolute Gasteiger partial charge is 0.477 e. The molecule has 2 heterocycles. The number of hydrogen-bond acceptors (Lipinski definition) is 4. The topological polar surface area (TPSA) is 62.7 Å². The number of carbonyl (C=O) groups is 1. The third kappa shape index (κ3) is 2.39. The van der Waals surface area contributed by atoms with Gasteiger partial charge in [0.2, 0.25) is 0 Å². The maximum atomic E-state index is 10.7. The predicted molar refractivity (Wildman–Crippen MR) is 63.4 cm³/mol. The van der Waals surface area contributed by atoms with Crippen LogP contribution in [0.4, 0.5) is 5.69 Å². The summed E-state index contributed by atoms with van der Waals surface area (Å²) in [5.41, 5.74) is 0.982. The van der Waals surface area contributed by atoms with Crippen LogP contribution in [0.15, 0.2) is 18.3 Å². The monoisotopic (exact) mass is 236 g/mol. The van der Waals surface area contributed by atoms with Gasteiger partial charge in [0, 0.05) is 13.7 Å². The van der Waals surface area contributed by atoms with E-state index in [1.807, 2.05) is 14.0 Å². The van der Waals surface area contributed by atoms with Crippen molar-refractivity contribution in [2.75, 3.05) is 18.6 Å². The minimum Gasteiger partial charge on any atom is -0.477 e. The summed E-state index contributed by atoms with van der Waals surface area (Å²) in [5, 5.41) is 8.77. The lowest BCUT2D eigenvalue weighted by Crippen LogP contribution is -2.36. The first kappa shape index (κ1) is 11.9. The summed E-state index contributed by atoms with van der Waals surface area (Å²) in [4.78, 5) is 16.7. The van der Waals surface area contributed by atoms with Crippen LogP contribution in [0.1, 0.15) is 23.8 Å². The molecule has 0 bridgehead atoms. The maximum Gasteiger partial charge on any atom is 0.354 e. The number of carboxylic acids is 1. The fraction of sp³-hybridized carbons (Fsp3) is 0.500. The second-order valence-corrected chi connectivity index (χ2v) is 4.25. The van der Waals surface area contributed by atoms with Gasteiger partial charge in [-0.2, -0.15) is 0 Å². The molecule has 0 radical (unpaired) electrons. The smallest absolute Gasteiger partial charge is 0.354 e. The van der Waals surface area contributed by atoms with E-state index in [1.165, 1.54) is 6.07 Å². The highest BCUT2D eigenvalue weighted by Gasteiger charge is 2.28. The molecule has 1 aliphatic heterocycles. The molecule has 2 rings (SSSR count). The molecule has 1 aromatic heterocycles. The van der Waals surface area contributed by atoms with Crippen molar-refractivity contribution in [3.63, 3.8) is 0 Å². The zero-order valence-corrected chi connectivity index (χ0v) is 9.96. The lowest BCUT2D eigenvalue weighted by atomic mass is 10.1. The standard InChI is InChI=1S/C12H16N2O3/c1-8-11(5-6-17-8)14(2)9-3-4-10(12(15)16)13-7-9/h3-4,7-8,11H,5-6H2,1-2H3,(H,15,16). The molecule has 0 aliphatic carbocycles. The first-order chi connectivity index (χ1) is 8.09. The van der Waals surface area contributed by atoms with Crippen LogP contribution in [0.3, 0.4) is 0 Å². The van der Waals surface area contributed by atoms with Crippen LogP contribution in [0.5, 0.6) is 0 Å². The third-order valence-electron chi connectivity index (χ3n) is 3.21. The lowest BCUT2D eigenvalue weighted by Gasteiger charge is -2.28. The van der Waals surface area contributed by atoms with Crippen LogP contribution in [0.25, 0.3) is 0 Å². The Morgan fingerprint density at radius 3 is 2.82 bits per heavy atom. The van der Waals surface area contributed by atoms with Crippen molar-refractivity contribution in [1.29, 1.82) is 0 Å². The van der Waals surface area contributed by atoms with Crippen molar-refractivity contribution >= 4 is 11.7 Å². The Kier molecular flexibility index (Phi) is 3.28. The molecule has 1 aliphatic rings. The normalized spacial score (nSPS) is 23.6. The summed E-state index contributed by atoms with van der Waals surface area (Å²) in [6.45, 7) is 2.82. The summed E-state index contributed by atoms with van der Waals surface area (Å²) in [6.07, 6.45) is 2.77. The molecule has 92 valence electrons. The number of rotatable bonds is 3. The van der Waals surface area contributed by atoms with Crippen molar-refractivity contribution in [1.82, 2.24) is 4.98 Å². The molecule has 5 nitrogen and oxygen atoms in total. The average Bonchev–Trinajstić information content (AvgIpc) is 2.74. The Morgan fingerprint density at radius 2 is 2.35 bits per heavy atom. The number of aromatic carboxylic acids is 1. The molecule has 1 N–H and O–H groups in total. The molecule has 2 atom stereocenters. The van der Waals surface area contributed by atoms with Gasteiger partial charge in [0.15, 0.2) is 0 Å². The van der Waals surface area contributed by atoms with Crippen molar-refractivity contribution in [3.05, 3.63) is 24.0 Å². The van der Waals surface area contributed by atoms with E-state index in [0.717, 1.165) is 18.7 Å². The molecule has 0 saturated carbocycles. The molecular weight excluding hydrogens is 220 g/mol. The highest BCUT2D eigenvalue weighted by atomic mass is 16.5. The maximum absolute atomic E-state index is 10.7. The van der Waals surface area contributed by atoms with Crippen LogP contribution >= 0.6 is 0 Å². The first-order valence-corrected chi connectivity index (χ1v) is 5.63. The number of anilines is 1. The van der Waals surface area contributed by atoms with Gasteiger partial charge in [0.05, 0.1) is 24.0 Å². The number of nitrogens with zero attached hydrogens (tertiary/aromatic N) is 2. The molecule has 0 amide bonds. The molecular formula is C12H16N2O3. The van der Waals surface area contributed by atoms with Crippen molar-refractivity contribution in [2.45, 2.75) is 25.5 Å². The highest BCUT2D eigenvalue weighted by molar-refractivity contribution is 5.85. The third-order valence-corrected chi connectivity index (χ3v) is 3.21. The molecule has 5 heteroatoms. The Labute approximate surface area is 100 Å². The van der Waals surface area contributed by atoms with Gasteiger partial charge >= 0.3 is 5.97 Å². The second kappa shape index (κ2) is 4.71. The van der Waals surface area contributed by atoms with E-state index in [0.29, 0.717) is 6.04 Å². The van der Waals surface area contributed by atoms with Gasteiger partial charge in [-0.1, -0.05) is 0 Å². The van der Waals surface area contributed by atoms with Crippen LogP contribution in [-0.2, 0) is 4.74 Å². The first-order valence-electron chi connectivity index (χ1n) is 5.63. The van der Waals surface area contributed by atoms with E-state index in [-0.39, 0.29) is 11.8 Å². The molecule has 0 aromatic carbocycles. The Morgan fingerprint density at radius 1 is 1.59 bits per heavy atom. The van der Waals surface area contributed by atoms with Gasteiger partial charge in [0.25, 0.3) is 0 Å². The predicted octanol–water partition coefficient (Wildman–Crippen LogP) is 1.39. The summed E-state index contributed by atoms with van der Waals surface area (Å²) in [6, 6.07) is 3.63. The van der Waals surface area contributed by atoms with E-state index in [2.05, 4.69) is 9.88 Å². The van der Waals surface area contributed by atoms with Gasteiger partial charge in [-0.15, -0.1) is 0 Å². The van der Waals surface area contributed by atoms with Crippen LogP contribution in [0.2, 0.25) is 0 Å². The number of pyridine rings is 1. The summed E-state index contributed by atoms with van der Waals surface area (Å²) >= 11 is 0. The Bertz CT molecular complexity index is 405. The van der Waals surface area contributed by atoms with E-state index >= 15 is 0 Å². The van der Waals surface area contributed by atoms with E-state index in [9.17, 15) is 4.79 Å². The minimum atomic E-state index is -1.00. The van der Waals surface area contributed by atoms with E-state index < -0.39 is 5.97 Å². The molecule has 1 aromatic rings. The quantitative estimate of drug-likeness (QED) is 0.859. The molecule has 1 saturated heterocycles. The fourth-order valence-corrected chi connectivity index (χ4v) is 2.14. The van der Waals surface area contributed by atoms with Crippen LogP contribution in [-0.4, -0.2) is 41.9 Å². The highest BCUT2D eigenvalue weighted by Crippen LogP contribution is 2.23. The molecule has 1 fully saturated rings. The zero-order chi connectivity index (χ0) is 12.4. The Hall–Kier alpha value is -1.62. The fourth-order valence-electron chi connectivity index (χ4n) is 2.14. The van der Waals surface area contributed by atoms with Gasteiger partial charge in [0.1, 0.15) is 5.69 Å². The number of hydrogen-bond donors (Lipinski definition) is 1. The van der Waals surface area contributed by atoms with E-state index in [1.54, 1.807) is 12.3 Å². The lowest BCUT2D eigenvalue weighted by molar-refractivity contribution is 0.0690. The summed E-state index contributed by atoms with van der Waals surface area (Å²) in [7, 11) is 1.98. The van der Waals surface area contributed by atoms with Gasteiger partial charge < -0.3 is 14.7 Å². The van der Waals surface area contributed by atoms with Gasteiger partial charge in [-0.25, -0.2) is 9.78 Å². The number of likely N-dealkylation sites (N-methyl/N-ethyl adjacent to an activating group) is 1. The van der Waals surface area contributed by atoms with Crippen molar-refractivity contribution in [2.24, 2.45) is 0 Å². The van der Waals surface area contributed by atoms with Gasteiger partial charge in [-0.3, -0.25) is 0 Å². The minimum absolute atomic E-state index is 0.0675. The zero-order valence-electron chi connectivity index (χ0n) is 9.96. The van der Waals surface area contributed by atoms with Crippen molar-refractivity contribution in [3.8, 4) is 0 Å². The summed E-state index contributed by atoms with van der Waals surface area (Å²) in [5.74, 6) is -1.00. The number of ether oxygens (including phenoxy) is 1. The second-order valence-electron chi connectivity index (χ2n) is 4.25. The van der Waals surface area contributed by atoms with Crippen LogP contribution < -0.4 is 4.90 Å². The van der Waals surface area contributed by atoms with Gasteiger partial charge in [-0.05, 0) is 25.5 Å². The SMILES string of the molecule is CC1OCCC1N(C)c1ccc(C(=O)O)nc1. The van der Waals surface area contributed by atoms with Crippen molar-refractivity contribution < 1.29 is 14.6 Å².